The predicted octanol–water partition coefficient (Wildman–Crippen LogP) is 4.11. The second kappa shape index (κ2) is 10.1. The lowest BCUT2D eigenvalue weighted by molar-refractivity contribution is 0.150. The minimum absolute atomic E-state index is 0.487. The Morgan fingerprint density at radius 2 is 1.87 bits per heavy atom. The van der Waals surface area contributed by atoms with Crippen LogP contribution in [0.15, 0.2) is 39.9 Å². The number of aryl methyl sites for hydroxylation is 1. The lowest BCUT2D eigenvalue weighted by atomic mass is 10.0. The van der Waals surface area contributed by atoms with E-state index >= 15 is 0 Å². The monoisotopic (exact) mass is 409 g/mol. The fourth-order valence-electron chi connectivity index (χ4n) is 4.56. The van der Waals surface area contributed by atoms with E-state index in [1.807, 2.05) is 12.1 Å². The Bertz CT molecular complexity index is 814. The Morgan fingerprint density at radius 3 is 2.57 bits per heavy atom. The summed E-state index contributed by atoms with van der Waals surface area (Å²) in [5.74, 6) is 1.52. The molecule has 0 atom stereocenters. The fraction of sp³-hybridized carbons (Fsp3) is 0.583. The molecule has 0 unspecified atom stereocenters. The van der Waals surface area contributed by atoms with Crippen LogP contribution in [0.25, 0.3) is 11.5 Å². The van der Waals surface area contributed by atoms with Gasteiger partial charge in [0.15, 0.2) is 5.96 Å². The minimum atomic E-state index is 0.487. The standard InChI is InChI=1S/C24H35N5O/c1-3-25-24(28-20-12-14-29(15-13-20)22-6-4-5-7-22)26-16-21-17-30-23(27-21)19-10-8-18(2)9-11-19/h8-11,17,20,22H,3-7,12-16H2,1-2H3,(H2,25,26,28). The molecule has 1 saturated carbocycles. The van der Waals surface area contributed by atoms with Gasteiger partial charge in [-0.05, 0) is 51.7 Å². The smallest absolute Gasteiger partial charge is 0.226 e. The highest BCUT2D eigenvalue weighted by Gasteiger charge is 2.27. The molecule has 2 fully saturated rings. The van der Waals surface area contributed by atoms with Gasteiger partial charge in [-0.15, -0.1) is 0 Å². The van der Waals surface area contributed by atoms with Gasteiger partial charge in [0, 0.05) is 37.3 Å². The van der Waals surface area contributed by atoms with Crippen molar-refractivity contribution in [2.75, 3.05) is 19.6 Å². The molecule has 0 radical (unpaired) electrons. The average molecular weight is 410 g/mol. The molecule has 6 nitrogen and oxygen atoms in total. The zero-order valence-electron chi connectivity index (χ0n) is 18.4. The van der Waals surface area contributed by atoms with Crippen LogP contribution in [0.1, 0.15) is 56.7 Å². The van der Waals surface area contributed by atoms with Gasteiger partial charge < -0.3 is 20.0 Å². The van der Waals surface area contributed by atoms with Crippen LogP contribution in [-0.2, 0) is 6.54 Å². The third kappa shape index (κ3) is 5.42. The number of piperidine rings is 1. The predicted molar refractivity (Wildman–Crippen MR) is 121 cm³/mol. The number of nitrogens with one attached hydrogen (secondary N) is 2. The average Bonchev–Trinajstić information content (AvgIpc) is 3.46. The van der Waals surface area contributed by atoms with Crippen LogP contribution >= 0.6 is 0 Å². The molecule has 0 amide bonds. The number of oxazole rings is 1. The Kier molecular flexibility index (Phi) is 7.05. The van der Waals surface area contributed by atoms with E-state index in [0.29, 0.717) is 18.5 Å². The van der Waals surface area contributed by atoms with Crippen LogP contribution < -0.4 is 10.6 Å². The van der Waals surface area contributed by atoms with Gasteiger partial charge in [0.2, 0.25) is 5.89 Å². The number of nitrogens with zero attached hydrogens (tertiary/aromatic N) is 3. The van der Waals surface area contributed by atoms with Gasteiger partial charge in [-0.1, -0.05) is 30.5 Å². The highest BCUT2D eigenvalue weighted by atomic mass is 16.3. The van der Waals surface area contributed by atoms with Gasteiger partial charge in [-0.3, -0.25) is 0 Å². The normalized spacial score (nSPS) is 19.3. The molecular weight excluding hydrogens is 374 g/mol. The number of hydrogen-bond acceptors (Lipinski definition) is 4. The third-order valence-corrected chi connectivity index (χ3v) is 6.31. The Balaban J connectivity index is 1.31. The SMILES string of the molecule is CCNC(=NCc1coc(-c2ccc(C)cc2)n1)NC1CCN(C2CCCC2)CC1. The van der Waals surface area contributed by atoms with E-state index in [1.54, 1.807) is 6.26 Å². The second-order valence-corrected chi connectivity index (χ2v) is 8.60. The van der Waals surface area contributed by atoms with Crippen LogP contribution in [0.5, 0.6) is 0 Å². The van der Waals surface area contributed by atoms with Crippen molar-refractivity contribution in [2.24, 2.45) is 4.99 Å². The number of aliphatic imine (C=N–C) groups is 1. The van der Waals surface area contributed by atoms with Gasteiger partial charge in [0.1, 0.15) is 12.0 Å². The Morgan fingerprint density at radius 1 is 1.13 bits per heavy atom. The van der Waals surface area contributed by atoms with Crippen molar-refractivity contribution in [1.82, 2.24) is 20.5 Å². The summed E-state index contributed by atoms with van der Waals surface area (Å²) in [5, 5.41) is 7.01. The van der Waals surface area contributed by atoms with E-state index in [4.69, 9.17) is 9.41 Å². The van der Waals surface area contributed by atoms with Crippen LogP contribution in [-0.4, -0.2) is 47.6 Å². The summed E-state index contributed by atoms with van der Waals surface area (Å²) in [7, 11) is 0. The van der Waals surface area contributed by atoms with E-state index in [-0.39, 0.29) is 0 Å². The molecule has 2 heterocycles. The lowest BCUT2D eigenvalue weighted by Gasteiger charge is -2.36. The highest BCUT2D eigenvalue weighted by Crippen LogP contribution is 2.26. The molecule has 6 heteroatoms. The maximum Gasteiger partial charge on any atom is 0.226 e. The Labute approximate surface area is 180 Å². The zero-order valence-corrected chi connectivity index (χ0v) is 18.4. The number of likely N-dealkylation sites (tertiary alicyclic amines) is 1. The molecule has 1 saturated heterocycles. The summed E-state index contributed by atoms with van der Waals surface area (Å²) < 4.78 is 5.67. The number of guanidine groups is 1. The first kappa shape index (κ1) is 20.9. The molecule has 1 aromatic carbocycles. The van der Waals surface area contributed by atoms with Crippen LogP contribution in [0.4, 0.5) is 0 Å². The lowest BCUT2D eigenvalue weighted by Crippen LogP contribution is -2.50. The maximum absolute atomic E-state index is 5.67. The number of aromatic nitrogens is 1. The van der Waals surface area contributed by atoms with Gasteiger partial charge in [0.25, 0.3) is 0 Å². The zero-order chi connectivity index (χ0) is 20.8. The van der Waals surface area contributed by atoms with E-state index < -0.39 is 0 Å². The molecule has 162 valence electrons. The molecule has 1 aromatic heterocycles. The largest absolute Gasteiger partial charge is 0.444 e. The van der Waals surface area contributed by atoms with E-state index in [9.17, 15) is 0 Å². The molecular formula is C24H35N5O. The van der Waals surface area contributed by atoms with Crippen LogP contribution in [0.2, 0.25) is 0 Å². The van der Waals surface area contributed by atoms with Crippen molar-refractivity contribution in [3.05, 3.63) is 41.8 Å². The van der Waals surface area contributed by atoms with Crippen LogP contribution in [0, 0.1) is 6.92 Å². The first-order valence-electron chi connectivity index (χ1n) is 11.5. The van der Waals surface area contributed by atoms with Crippen LogP contribution in [0.3, 0.4) is 0 Å². The summed E-state index contributed by atoms with van der Waals surface area (Å²) >= 11 is 0. The molecule has 2 aromatic rings. The molecule has 2 aliphatic rings. The summed E-state index contributed by atoms with van der Waals surface area (Å²) in [4.78, 5) is 12.1. The second-order valence-electron chi connectivity index (χ2n) is 8.60. The fourth-order valence-corrected chi connectivity index (χ4v) is 4.56. The van der Waals surface area contributed by atoms with Crippen molar-refractivity contribution in [1.29, 1.82) is 0 Å². The molecule has 30 heavy (non-hydrogen) atoms. The van der Waals surface area contributed by atoms with Gasteiger partial charge >= 0.3 is 0 Å². The molecule has 2 N–H and O–H groups in total. The quantitative estimate of drug-likeness (QED) is 0.555. The summed E-state index contributed by atoms with van der Waals surface area (Å²) in [6.07, 6.45) is 9.68. The van der Waals surface area contributed by atoms with E-state index in [0.717, 1.165) is 29.8 Å². The number of hydrogen-bond donors (Lipinski definition) is 2. The summed E-state index contributed by atoms with van der Waals surface area (Å²) in [5.41, 5.74) is 3.07. The third-order valence-electron chi connectivity index (χ3n) is 6.31. The molecule has 1 aliphatic carbocycles. The summed E-state index contributed by atoms with van der Waals surface area (Å²) in [6.45, 7) is 7.93. The van der Waals surface area contributed by atoms with E-state index in [1.165, 1.54) is 57.2 Å². The van der Waals surface area contributed by atoms with Crippen molar-refractivity contribution < 1.29 is 4.42 Å². The first-order valence-corrected chi connectivity index (χ1v) is 11.5. The molecule has 1 aliphatic heterocycles. The Hall–Kier alpha value is -2.34. The first-order chi connectivity index (χ1) is 14.7. The van der Waals surface area contributed by atoms with Crippen molar-refractivity contribution in [3.8, 4) is 11.5 Å². The van der Waals surface area contributed by atoms with Crippen molar-refractivity contribution in [2.45, 2.75) is 71.0 Å². The summed E-state index contributed by atoms with van der Waals surface area (Å²) in [6, 6.07) is 9.55. The van der Waals surface area contributed by atoms with E-state index in [2.05, 4.69) is 46.5 Å². The highest BCUT2D eigenvalue weighted by molar-refractivity contribution is 5.80. The molecule has 4 rings (SSSR count). The topological polar surface area (TPSA) is 65.7 Å². The van der Waals surface area contributed by atoms with Crippen molar-refractivity contribution >= 4 is 5.96 Å². The van der Waals surface area contributed by atoms with Gasteiger partial charge in [-0.2, -0.15) is 0 Å². The number of rotatable bonds is 6. The molecule has 0 bridgehead atoms. The maximum atomic E-state index is 5.67. The van der Waals surface area contributed by atoms with Gasteiger partial charge in [0.05, 0.1) is 6.54 Å². The number of benzene rings is 1. The minimum Gasteiger partial charge on any atom is -0.444 e. The van der Waals surface area contributed by atoms with Crippen molar-refractivity contribution in [3.63, 3.8) is 0 Å². The molecule has 0 spiro atoms. The van der Waals surface area contributed by atoms with Gasteiger partial charge in [-0.25, -0.2) is 9.98 Å².